The van der Waals surface area contributed by atoms with Crippen LogP contribution in [-0.2, 0) is 4.79 Å². The van der Waals surface area contributed by atoms with Gasteiger partial charge in [-0.3, -0.25) is 4.79 Å². The lowest BCUT2D eigenvalue weighted by Gasteiger charge is -2.19. The monoisotopic (exact) mass is 394 g/mol. The Balaban J connectivity index is 1.79. The van der Waals surface area contributed by atoms with Crippen LogP contribution in [0.5, 0.6) is 17.4 Å². The molecule has 0 unspecified atom stereocenters. The summed E-state index contributed by atoms with van der Waals surface area (Å²) in [5.41, 5.74) is -0.144. The maximum atomic E-state index is 12.6. The van der Waals surface area contributed by atoms with Gasteiger partial charge in [0.2, 0.25) is 5.88 Å². The van der Waals surface area contributed by atoms with Gasteiger partial charge in [-0.25, -0.2) is 14.7 Å². The molecule has 0 bridgehead atoms. The average Bonchev–Trinajstić information content (AvgIpc) is 2.91. The molecule has 8 heteroatoms. The number of pyridine rings is 1. The van der Waals surface area contributed by atoms with E-state index in [1.54, 1.807) is 37.3 Å². The number of rotatable bonds is 6. The molecule has 1 atom stereocenters. The number of imide groups is 1. The molecule has 1 aliphatic heterocycles. The third-order valence-electron chi connectivity index (χ3n) is 4.61. The van der Waals surface area contributed by atoms with Crippen LogP contribution in [0.4, 0.5) is 10.5 Å². The summed E-state index contributed by atoms with van der Waals surface area (Å²) in [6, 6.07) is 9.64. The van der Waals surface area contributed by atoms with Gasteiger partial charge >= 0.3 is 6.03 Å². The highest BCUT2D eigenvalue weighted by Gasteiger charge is 2.47. The van der Waals surface area contributed by atoms with Crippen molar-refractivity contribution in [3.8, 4) is 23.4 Å². The number of urea groups is 1. The van der Waals surface area contributed by atoms with Crippen LogP contribution in [0, 0.1) is 11.3 Å². The van der Waals surface area contributed by atoms with E-state index in [0.29, 0.717) is 29.2 Å². The summed E-state index contributed by atoms with van der Waals surface area (Å²) in [7, 11) is 0. The molecule has 1 aliphatic rings. The first-order valence-corrected chi connectivity index (χ1v) is 9.29. The molecule has 8 nitrogen and oxygen atoms in total. The number of hydrogen-bond acceptors (Lipinski definition) is 6. The van der Waals surface area contributed by atoms with Crippen LogP contribution in [-0.4, -0.2) is 28.6 Å². The molecule has 1 aromatic heterocycles. The predicted octanol–water partition coefficient (Wildman–Crippen LogP) is 3.76. The van der Waals surface area contributed by atoms with E-state index in [2.05, 4.69) is 16.4 Å². The molecule has 2 aromatic rings. The molecule has 0 saturated carbocycles. The molecular weight excluding hydrogens is 372 g/mol. The van der Waals surface area contributed by atoms with Crippen molar-refractivity contribution in [3.63, 3.8) is 0 Å². The number of nitriles is 1. The van der Waals surface area contributed by atoms with Gasteiger partial charge in [-0.2, -0.15) is 5.26 Å². The van der Waals surface area contributed by atoms with Crippen molar-refractivity contribution >= 4 is 17.6 Å². The number of amides is 3. The Labute approximate surface area is 169 Å². The molecule has 0 radical (unpaired) electrons. The minimum absolute atomic E-state index is 0.0901. The van der Waals surface area contributed by atoms with E-state index < -0.39 is 11.6 Å². The third kappa shape index (κ3) is 3.99. The number of hydrogen-bond donors (Lipinski definition) is 1. The minimum atomic E-state index is -0.915. The van der Waals surface area contributed by atoms with E-state index >= 15 is 0 Å². The standard InChI is InChI=1S/C21H22N4O4/c1-5-21(4)19(26)25(20(27)24-21)15-7-9-18(23-12-15)29-16-8-6-14(11-22)17(10-16)28-13(2)3/h6-10,12-13H,5H2,1-4H3,(H,24,27)/t21-/m1/s1. The second kappa shape index (κ2) is 7.80. The summed E-state index contributed by atoms with van der Waals surface area (Å²) in [6.07, 6.45) is 1.80. The predicted molar refractivity (Wildman–Crippen MR) is 106 cm³/mol. The summed E-state index contributed by atoms with van der Waals surface area (Å²) in [6.45, 7) is 7.27. The molecule has 1 fully saturated rings. The number of nitrogens with zero attached hydrogens (tertiary/aromatic N) is 3. The Morgan fingerprint density at radius 3 is 2.59 bits per heavy atom. The number of carbonyl (C=O) groups excluding carboxylic acids is 2. The first kappa shape index (κ1) is 20.1. The molecular formula is C21H22N4O4. The van der Waals surface area contributed by atoms with E-state index in [1.165, 1.54) is 6.20 Å². The fraction of sp³-hybridized carbons (Fsp3) is 0.333. The van der Waals surface area contributed by atoms with Crippen molar-refractivity contribution in [2.45, 2.75) is 45.8 Å². The van der Waals surface area contributed by atoms with Crippen LogP contribution in [0.25, 0.3) is 0 Å². The van der Waals surface area contributed by atoms with Gasteiger partial charge in [-0.15, -0.1) is 0 Å². The van der Waals surface area contributed by atoms with E-state index in [-0.39, 0.29) is 17.9 Å². The second-order valence-electron chi connectivity index (χ2n) is 7.15. The Morgan fingerprint density at radius 2 is 2.03 bits per heavy atom. The Morgan fingerprint density at radius 1 is 1.28 bits per heavy atom. The summed E-state index contributed by atoms with van der Waals surface area (Å²) in [4.78, 5) is 30.1. The number of anilines is 1. The Hall–Kier alpha value is -3.60. The van der Waals surface area contributed by atoms with Gasteiger partial charge in [0, 0.05) is 12.1 Å². The summed E-state index contributed by atoms with van der Waals surface area (Å²) < 4.78 is 11.4. The van der Waals surface area contributed by atoms with Crippen LogP contribution < -0.4 is 19.7 Å². The van der Waals surface area contributed by atoms with Crippen LogP contribution in [0.3, 0.4) is 0 Å². The summed E-state index contributed by atoms with van der Waals surface area (Å²) >= 11 is 0. The maximum Gasteiger partial charge on any atom is 0.329 e. The molecule has 1 aromatic carbocycles. The molecule has 3 rings (SSSR count). The van der Waals surface area contributed by atoms with Crippen molar-refractivity contribution in [1.82, 2.24) is 10.3 Å². The first-order valence-electron chi connectivity index (χ1n) is 9.29. The highest BCUT2D eigenvalue weighted by atomic mass is 16.5. The van der Waals surface area contributed by atoms with E-state index in [0.717, 1.165) is 4.90 Å². The molecule has 0 spiro atoms. The maximum absolute atomic E-state index is 12.6. The van der Waals surface area contributed by atoms with Crippen LogP contribution in [0.2, 0.25) is 0 Å². The largest absolute Gasteiger partial charge is 0.489 e. The lowest BCUT2D eigenvalue weighted by atomic mass is 9.99. The Kier molecular flexibility index (Phi) is 5.41. The van der Waals surface area contributed by atoms with Crippen molar-refractivity contribution in [3.05, 3.63) is 42.1 Å². The van der Waals surface area contributed by atoms with Crippen molar-refractivity contribution < 1.29 is 19.1 Å². The van der Waals surface area contributed by atoms with Gasteiger partial charge in [0.1, 0.15) is 23.1 Å². The number of benzene rings is 1. The fourth-order valence-electron chi connectivity index (χ4n) is 2.85. The van der Waals surface area contributed by atoms with Gasteiger partial charge in [0.05, 0.1) is 23.6 Å². The van der Waals surface area contributed by atoms with Gasteiger partial charge in [-0.1, -0.05) is 6.92 Å². The summed E-state index contributed by atoms with van der Waals surface area (Å²) in [5, 5.41) is 11.9. The van der Waals surface area contributed by atoms with Gasteiger partial charge in [-0.05, 0) is 45.4 Å². The molecule has 2 heterocycles. The molecule has 0 aliphatic carbocycles. The lowest BCUT2D eigenvalue weighted by Crippen LogP contribution is -2.43. The minimum Gasteiger partial charge on any atom is -0.489 e. The fourth-order valence-corrected chi connectivity index (χ4v) is 2.85. The normalized spacial score (nSPS) is 18.6. The topological polar surface area (TPSA) is 105 Å². The van der Waals surface area contributed by atoms with E-state index in [4.69, 9.17) is 9.47 Å². The quantitative estimate of drug-likeness (QED) is 0.748. The second-order valence-corrected chi connectivity index (χ2v) is 7.15. The van der Waals surface area contributed by atoms with E-state index in [1.807, 2.05) is 20.8 Å². The van der Waals surface area contributed by atoms with Crippen molar-refractivity contribution in [1.29, 1.82) is 5.26 Å². The zero-order chi connectivity index (χ0) is 21.2. The zero-order valence-electron chi connectivity index (χ0n) is 16.7. The highest BCUT2D eigenvalue weighted by molar-refractivity contribution is 6.23. The summed E-state index contributed by atoms with van der Waals surface area (Å²) in [5.74, 6) is 0.838. The lowest BCUT2D eigenvalue weighted by molar-refractivity contribution is -0.121. The van der Waals surface area contributed by atoms with Gasteiger partial charge in [0.15, 0.2) is 0 Å². The zero-order valence-corrected chi connectivity index (χ0v) is 16.7. The smallest absolute Gasteiger partial charge is 0.329 e. The van der Waals surface area contributed by atoms with Crippen molar-refractivity contribution in [2.75, 3.05) is 4.90 Å². The SMILES string of the molecule is CC[C@@]1(C)NC(=O)N(c2ccc(Oc3ccc(C#N)c(OC(C)C)c3)nc2)C1=O. The number of nitrogens with one attached hydrogen (secondary N) is 1. The van der Waals surface area contributed by atoms with Crippen LogP contribution >= 0.6 is 0 Å². The van der Waals surface area contributed by atoms with Gasteiger partial charge < -0.3 is 14.8 Å². The number of aromatic nitrogens is 1. The van der Waals surface area contributed by atoms with Crippen LogP contribution in [0.1, 0.15) is 39.7 Å². The molecule has 3 amide bonds. The highest BCUT2D eigenvalue weighted by Crippen LogP contribution is 2.30. The molecule has 150 valence electrons. The van der Waals surface area contributed by atoms with Gasteiger partial charge in [0.25, 0.3) is 5.91 Å². The average molecular weight is 394 g/mol. The Bertz CT molecular complexity index is 981. The molecule has 1 saturated heterocycles. The third-order valence-corrected chi connectivity index (χ3v) is 4.61. The van der Waals surface area contributed by atoms with E-state index in [9.17, 15) is 14.9 Å². The molecule has 29 heavy (non-hydrogen) atoms. The van der Waals surface area contributed by atoms with Crippen molar-refractivity contribution in [2.24, 2.45) is 0 Å². The number of ether oxygens (including phenoxy) is 2. The number of carbonyl (C=O) groups is 2. The molecule has 1 N–H and O–H groups in total. The first-order chi connectivity index (χ1) is 13.8. The van der Waals surface area contributed by atoms with Crippen LogP contribution in [0.15, 0.2) is 36.5 Å².